The number of hydrogen-bond donors (Lipinski definition) is 0. The van der Waals surface area contributed by atoms with Crippen molar-refractivity contribution in [2.45, 2.75) is 20.8 Å². The lowest BCUT2D eigenvalue weighted by atomic mass is 10.0. The zero-order chi connectivity index (χ0) is 16.1. The Balaban J connectivity index is 2.06. The summed E-state index contributed by atoms with van der Waals surface area (Å²) >= 11 is 11.9. The summed E-state index contributed by atoms with van der Waals surface area (Å²) in [6, 6.07) is 9.62. The molecule has 2 rings (SSSR count). The highest BCUT2D eigenvalue weighted by Gasteiger charge is 1.99. The third-order valence-corrected chi connectivity index (χ3v) is 3.99. The normalized spacial score (nSPS) is 10.6. The third-order valence-electron chi connectivity index (χ3n) is 3.43. The first-order chi connectivity index (χ1) is 10.5. The Kier molecular flexibility index (Phi) is 5.66. The van der Waals surface area contributed by atoms with Crippen LogP contribution >= 0.6 is 23.2 Å². The highest BCUT2D eigenvalue weighted by Crippen LogP contribution is 2.19. The summed E-state index contributed by atoms with van der Waals surface area (Å²) < 4.78 is 0. The van der Waals surface area contributed by atoms with Gasteiger partial charge in [-0.05, 0) is 55.7 Å². The van der Waals surface area contributed by atoms with E-state index in [1.807, 2.05) is 6.07 Å². The number of aryl methyl sites for hydroxylation is 3. The molecule has 0 spiro atoms. The molecule has 2 aromatic carbocycles. The molecule has 2 aromatic rings. The predicted octanol–water partition coefficient (Wildman–Crippen LogP) is 5.39. The van der Waals surface area contributed by atoms with E-state index in [4.69, 9.17) is 23.2 Å². The number of nitrogens with zero attached hydrogens (tertiary/aromatic N) is 1. The highest BCUT2D eigenvalue weighted by molar-refractivity contribution is 6.36. The average molecular weight is 330 g/mol. The molecule has 1 nitrogen and oxygen atoms in total. The Labute approximate surface area is 142 Å². The molecule has 0 saturated carbocycles. The van der Waals surface area contributed by atoms with Gasteiger partial charge in [0.1, 0.15) is 6.54 Å². The van der Waals surface area contributed by atoms with Crippen LogP contribution in [0.25, 0.3) is 0 Å². The quantitative estimate of drug-likeness (QED) is 0.517. The Hall–Kier alpha value is -1.75. The SMILES string of the molecule is Cc1cc(C)c(C#CCN=Cc2ccc(Cl)cc2Cl)cc1C. The molecule has 0 unspecified atom stereocenters. The molecule has 0 radical (unpaired) electrons. The minimum atomic E-state index is 0.436. The van der Waals surface area contributed by atoms with Gasteiger partial charge in [-0.1, -0.05) is 47.2 Å². The maximum Gasteiger partial charge on any atom is 0.100 e. The van der Waals surface area contributed by atoms with Crippen LogP contribution in [0.4, 0.5) is 0 Å². The first kappa shape index (κ1) is 16.6. The van der Waals surface area contributed by atoms with Crippen LogP contribution in [0.5, 0.6) is 0 Å². The summed E-state index contributed by atoms with van der Waals surface area (Å²) in [5, 5.41) is 1.21. The van der Waals surface area contributed by atoms with E-state index in [-0.39, 0.29) is 0 Å². The lowest BCUT2D eigenvalue weighted by Crippen LogP contribution is -1.89. The fourth-order valence-electron chi connectivity index (χ4n) is 2.03. The van der Waals surface area contributed by atoms with Crippen LogP contribution < -0.4 is 0 Å². The van der Waals surface area contributed by atoms with Crippen molar-refractivity contribution >= 4 is 29.4 Å². The monoisotopic (exact) mass is 329 g/mol. The largest absolute Gasteiger partial charge is 0.280 e. The van der Waals surface area contributed by atoms with Crippen molar-refractivity contribution in [2.24, 2.45) is 4.99 Å². The molecular formula is C19H17Cl2N. The maximum absolute atomic E-state index is 6.08. The average Bonchev–Trinajstić information content (AvgIpc) is 2.46. The smallest absolute Gasteiger partial charge is 0.100 e. The molecule has 22 heavy (non-hydrogen) atoms. The topological polar surface area (TPSA) is 12.4 Å². The van der Waals surface area contributed by atoms with Gasteiger partial charge in [-0.25, -0.2) is 0 Å². The van der Waals surface area contributed by atoms with Gasteiger partial charge in [-0.2, -0.15) is 0 Å². The summed E-state index contributed by atoms with van der Waals surface area (Å²) in [7, 11) is 0. The van der Waals surface area contributed by atoms with Crippen LogP contribution in [-0.2, 0) is 0 Å². The third kappa shape index (κ3) is 4.37. The second-order valence-electron chi connectivity index (χ2n) is 5.19. The standard InChI is InChI=1S/C19H17Cl2N/c1-13-9-15(3)16(10-14(13)2)5-4-8-22-12-17-6-7-18(20)11-19(17)21/h6-7,9-12H,8H2,1-3H3. The van der Waals surface area contributed by atoms with Gasteiger partial charge in [0.05, 0.1) is 5.02 Å². The van der Waals surface area contributed by atoms with Gasteiger partial charge in [0, 0.05) is 22.4 Å². The Morgan fingerprint density at radius 2 is 1.73 bits per heavy atom. The molecule has 112 valence electrons. The van der Waals surface area contributed by atoms with Crippen LogP contribution in [0.1, 0.15) is 27.8 Å². The molecule has 0 aliphatic heterocycles. The minimum Gasteiger partial charge on any atom is -0.280 e. The summed E-state index contributed by atoms with van der Waals surface area (Å²) in [6.07, 6.45) is 1.72. The molecular weight excluding hydrogens is 313 g/mol. The van der Waals surface area contributed by atoms with Gasteiger partial charge in [0.25, 0.3) is 0 Å². The molecule has 0 bridgehead atoms. The van der Waals surface area contributed by atoms with Crippen LogP contribution in [0.3, 0.4) is 0 Å². The van der Waals surface area contributed by atoms with Gasteiger partial charge in [0.2, 0.25) is 0 Å². The van der Waals surface area contributed by atoms with E-state index in [0.717, 1.165) is 11.1 Å². The van der Waals surface area contributed by atoms with Crippen LogP contribution in [0.2, 0.25) is 10.0 Å². The number of halogens is 2. The lowest BCUT2D eigenvalue weighted by molar-refractivity contribution is 1.28. The van der Waals surface area contributed by atoms with Gasteiger partial charge < -0.3 is 0 Å². The number of benzene rings is 2. The van der Waals surface area contributed by atoms with Crippen molar-refractivity contribution in [1.29, 1.82) is 0 Å². The summed E-state index contributed by atoms with van der Waals surface area (Å²) in [4.78, 5) is 4.29. The molecule has 0 N–H and O–H groups in total. The second-order valence-corrected chi connectivity index (χ2v) is 6.03. The van der Waals surface area contributed by atoms with E-state index in [1.54, 1.807) is 18.3 Å². The predicted molar refractivity (Wildman–Crippen MR) is 96.5 cm³/mol. The lowest BCUT2D eigenvalue weighted by Gasteiger charge is -2.03. The van der Waals surface area contributed by atoms with E-state index in [0.29, 0.717) is 16.6 Å². The molecule has 0 aliphatic carbocycles. The highest BCUT2D eigenvalue weighted by atomic mass is 35.5. The Morgan fingerprint density at radius 1 is 1.00 bits per heavy atom. The van der Waals surface area contributed by atoms with Gasteiger partial charge in [-0.15, -0.1) is 0 Å². The zero-order valence-corrected chi connectivity index (χ0v) is 14.4. The van der Waals surface area contributed by atoms with Gasteiger partial charge >= 0.3 is 0 Å². The summed E-state index contributed by atoms with van der Waals surface area (Å²) in [5.41, 5.74) is 5.64. The Morgan fingerprint density at radius 3 is 2.45 bits per heavy atom. The van der Waals surface area contributed by atoms with Gasteiger partial charge in [-0.3, -0.25) is 4.99 Å². The molecule has 0 fully saturated rings. The molecule has 0 saturated heterocycles. The van der Waals surface area contributed by atoms with Crippen molar-refractivity contribution in [3.05, 3.63) is 68.2 Å². The summed E-state index contributed by atoms with van der Waals surface area (Å²) in [6.45, 7) is 6.72. The zero-order valence-electron chi connectivity index (χ0n) is 12.9. The van der Waals surface area contributed by atoms with Crippen molar-refractivity contribution in [1.82, 2.24) is 0 Å². The van der Waals surface area contributed by atoms with Crippen LogP contribution in [0, 0.1) is 32.6 Å². The fraction of sp³-hybridized carbons (Fsp3) is 0.211. The number of aliphatic imine (C=N–C) groups is 1. The first-order valence-corrected chi connectivity index (χ1v) is 7.74. The first-order valence-electron chi connectivity index (χ1n) is 6.99. The number of hydrogen-bond acceptors (Lipinski definition) is 1. The molecule has 3 heteroatoms. The van der Waals surface area contributed by atoms with Crippen molar-refractivity contribution in [2.75, 3.05) is 6.54 Å². The van der Waals surface area contributed by atoms with Crippen molar-refractivity contribution in [3.8, 4) is 11.8 Å². The van der Waals surface area contributed by atoms with Gasteiger partial charge in [0.15, 0.2) is 0 Å². The Bertz CT molecular complexity index is 780. The molecule has 0 atom stereocenters. The second kappa shape index (κ2) is 7.49. The van der Waals surface area contributed by atoms with Crippen LogP contribution in [0.15, 0.2) is 35.3 Å². The molecule has 0 heterocycles. The molecule has 0 aromatic heterocycles. The molecule has 0 amide bonds. The van der Waals surface area contributed by atoms with Crippen LogP contribution in [-0.4, -0.2) is 12.8 Å². The van der Waals surface area contributed by atoms with E-state index in [9.17, 15) is 0 Å². The van der Waals surface area contributed by atoms with Crippen molar-refractivity contribution in [3.63, 3.8) is 0 Å². The molecule has 0 aliphatic rings. The van der Waals surface area contributed by atoms with E-state index in [2.05, 4.69) is 49.7 Å². The summed E-state index contributed by atoms with van der Waals surface area (Å²) in [5.74, 6) is 6.25. The van der Waals surface area contributed by atoms with Crippen molar-refractivity contribution < 1.29 is 0 Å². The maximum atomic E-state index is 6.08. The van der Waals surface area contributed by atoms with E-state index >= 15 is 0 Å². The van der Waals surface area contributed by atoms with E-state index < -0.39 is 0 Å². The fourth-order valence-corrected chi connectivity index (χ4v) is 2.48. The minimum absolute atomic E-state index is 0.436. The van der Waals surface area contributed by atoms with E-state index in [1.165, 1.54) is 16.7 Å². The number of rotatable bonds is 2.